The smallest absolute Gasteiger partial charge is 0.408 e. The Labute approximate surface area is 211 Å². The maximum Gasteiger partial charge on any atom is 0.408 e. The van der Waals surface area contributed by atoms with Gasteiger partial charge in [0.05, 0.1) is 7.11 Å². The van der Waals surface area contributed by atoms with Crippen LogP contribution in [0.1, 0.15) is 44.7 Å². The summed E-state index contributed by atoms with van der Waals surface area (Å²) in [5.74, 6) is -1.83. The third-order valence-corrected chi connectivity index (χ3v) is 4.96. The number of nitrogens with one attached hydrogen (secondary N) is 2. The molecule has 0 fully saturated rings. The number of alkyl carbamates (subject to hydrolysis) is 1. The summed E-state index contributed by atoms with van der Waals surface area (Å²) in [7, 11) is 1.19. The van der Waals surface area contributed by atoms with Crippen molar-refractivity contribution in [3.63, 3.8) is 0 Å². The van der Waals surface area contributed by atoms with Gasteiger partial charge in [-0.15, -0.1) is 0 Å². The SMILES string of the molecule is COC(=O)[C@H](CCC(=O)OC(C)(C)C)NC(=O)[C@H](Cc1ccccc1)NC(=O)OCc1ccccc1. The molecule has 194 valence electrons. The van der Waals surface area contributed by atoms with E-state index >= 15 is 0 Å². The van der Waals surface area contributed by atoms with Crippen LogP contribution in [0.5, 0.6) is 0 Å². The molecule has 0 aliphatic heterocycles. The number of carbonyl (C=O) groups excluding carboxylic acids is 4. The monoisotopic (exact) mass is 498 g/mol. The molecule has 2 amide bonds. The van der Waals surface area contributed by atoms with E-state index in [9.17, 15) is 19.2 Å². The van der Waals surface area contributed by atoms with Crippen molar-refractivity contribution >= 4 is 23.9 Å². The van der Waals surface area contributed by atoms with E-state index < -0.39 is 41.6 Å². The molecule has 2 atom stereocenters. The first-order chi connectivity index (χ1) is 17.1. The molecule has 0 aromatic heterocycles. The average molecular weight is 499 g/mol. The predicted octanol–water partition coefficient (Wildman–Crippen LogP) is 3.30. The fourth-order valence-electron chi connectivity index (χ4n) is 3.28. The second-order valence-electron chi connectivity index (χ2n) is 9.16. The zero-order chi connectivity index (χ0) is 26.6. The van der Waals surface area contributed by atoms with Crippen molar-refractivity contribution < 1.29 is 33.4 Å². The van der Waals surface area contributed by atoms with Crippen molar-refractivity contribution in [1.29, 1.82) is 0 Å². The van der Waals surface area contributed by atoms with Crippen LogP contribution >= 0.6 is 0 Å². The summed E-state index contributed by atoms with van der Waals surface area (Å²) in [5, 5.41) is 5.17. The van der Waals surface area contributed by atoms with Gasteiger partial charge in [-0.25, -0.2) is 9.59 Å². The molecule has 0 radical (unpaired) electrons. The molecule has 2 aromatic carbocycles. The molecule has 2 N–H and O–H groups in total. The Kier molecular flexibility index (Phi) is 10.9. The summed E-state index contributed by atoms with van der Waals surface area (Å²) < 4.78 is 15.3. The van der Waals surface area contributed by atoms with Crippen molar-refractivity contribution in [2.75, 3.05) is 7.11 Å². The lowest BCUT2D eigenvalue weighted by Crippen LogP contribution is -2.52. The number of benzene rings is 2. The van der Waals surface area contributed by atoms with Crippen LogP contribution in [0.25, 0.3) is 0 Å². The lowest BCUT2D eigenvalue weighted by molar-refractivity contribution is -0.155. The summed E-state index contributed by atoms with van der Waals surface area (Å²) in [4.78, 5) is 50.1. The average Bonchev–Trinajstić information content (AvgIpc) is 2.84. The number of carbonyl (C=O) groups is 4. The van der Waals surface area contributed by atoms with E-state index in [0.29, 0.717) is 0 Å². The van der Waals surface area contributed by atoms with Crippen LogP contribution in [0.15, 0.2) is 60.7 Å². The summed E-state index contributed by atoms with van der Waals surface area (Å²) in [5.41, 5.74) is 0.917. The van der Waals surface area contributed by atoms with Crippen molar-refractivity contribution in [2.24, 2.45) is 0 Å². The molecule has 9 heteroatoms. The number of amides is 2. The van der Waals surface area contributed by atoms with Crippen molar-refractivity contribution in [2.45, 2.75) is 64.3 Å². The second-order valence-corrected chi connectivity index (χ2v) is 9.16. The van der Waals surface area contributed by atoms with E-state index in [2.05, 4.69) is 10.6 Å². The van der Waals surface area contributed by atoms with E-state index in [0.717, 1.165) is 11.1 Å². The first kappa shape index (κ1) is 28.4. The normalized spacial score (nSPS) is 12.6. The van der Waals surface area contributed by atoms with Crippen molar-refractivity contribution in [1.82, 2.24) is 10.6 Å². The van der Waals surface area contributed by atoms with E-state index in [1.807, 2.05) is 60.7 Å². The van der Waals surface area contributed by atoms with Crippen LogP contribution in [-0.4, -0.2) is 48.7 Å². The molecular weight excluding hydrogens is 464 g/mol. The zero-order valence-electron chi connectivity index (χ0n) is 21.1. The molecule has 0 unspecified atom stereocenters. The van der Waals surface area contributed by atoms with Gasteiger partial charge in [0.2, 0.25) is 5.91 Å². The van der Waals surface area contributed by atoms with Gasteiger partial charge in [0.25, 0.3) is 0 Å². The van der Waals surface area contributed by atoms with E-state index in [-0.39, 0.29) is 25.9 Å². The molecule has 0 spiro atoms. The Balaban J connectivity index is 2.07. The Morgan fingerprint density at radius 1 is 0.833 bits per heavy atom. The van der Waals surface area contributed by atoms with Crippen LogP contribution in [0, 0.1) is 0 Å². The summed E-state index contributed by atoms with van der Waals surface area (Å²) in [6.07, 6.45) is -0.747. The molecular formula is C27H34N2O7. The van der Waals surface area contributed by atoms with Gasteiger partial charge in [-0.1, -0.05) is 60.7 Å². The van der Waals surface area contributed by atoms with Crippen LogP contribution in [0.3, 0.4) is 0 Å². The van der Waals surface area contributed by atoms with Crippen LogP contribution in [0.2, 0.25) is 0 Å². The van der Waals surface area contributed by atoms with E-state index in [1.54, 1.807) is 20.8 Å². The number of esters is 2. The second kappa shape index (κ2) is 13.9. The Bertz CT molecular complexity index is 1000. The van der Waals surface area contributed by atoms with E-state index in [4.69, 9.17) is 14.2 Å². The summed E-state index contributed by atoms with van der Waals surface area (Å²) >= 11 is 0. The maximum atomic E-state index is 13.2. The molecule has 0 saturated carbocycles. The number of methoxy groups -OCH3 is 1. The number of rotatable bonds is 11. The third-order valence-electron chi connectivity index (χ3n) is 4.96. The predicted molar refractivity (Wildman–Crippen MR) is 133 cm³/mol. The van der Waals surface area contributed by atoms with Gasteiger partial charge in [0, 0.05) is 12.8 Å². The lowest BCUT2D eigenvalue weighted by Gasteiger charge is -2.23. The largest absolute Gasteiger partial charge is 0.467 e. The fraction of sp³-hybridized carbons (Fsp3) is 0.407. The Morgan fingerprint density at radius 3 is 1.97 bits per heavy atom. The van der Waals surface area contributed by atoms with Gasteiger partial charge in [0.1, 0.15) is 24.3 Å². The number of ether oxygens (including phenoxy) is 3. The highest BCUT2D eigenvalue weighted by Gasteiger charge is 2.29. The fourth-order valence-corrected chi connectivity index (χ4v) is 3.28. The van der Waals surface area contributed by atoms with Gasteiger partial charge in [0.15, 0.2) is 0 Å². The van der Waals surface area contributed by atoms with Crippen molar-refractivity contribution in [3.05, 3.63) is 71.8 Å². The molecule has 0 saturated heterocycles. The highest BCUT2D eigenvalue weighted by Crippen LogP contribution is 2.11. The molecule has 0 aliphatic carbocycles. The molecule has 0 bridgehead atoms. The standard InChI is InChI=1S/C27H34N2O7/c1-27(2,3)36-23(30)16-15-21(25(32)34-4)28-24(31)22(17-19-11-7-5-8-12-19)29-26(33)35-18-20-13-9-6-10-14-20/h5-14,21-22H,15-18H2,1-4H3,(H,28,31)(H,29,33)/t21-,22-/m0/s1. The minimum Gasteiger partial charge on any atom is -0.467 e. The lowest BCUT2D eigenvalue weighted by atomic mass is 10.0. The first-order valence-corrected chi connectivity index (χ1v) is 11.7. The molecule has 9 nitrogen and oxygen atoms in total. The zero-order valence-corrected chi connectivity index (χ0v) is 21.1. The first-order valence-electron chi connectivity index (χ1n) is 11.7. The quantitative estimate of drug-likeness (QED) is 0.360. The molecule has 0 heterocycles. The van der Waals surface area contributed by atoms with Gasteiger partial charge in [-0.3, -0.25) is 9.59 Å². The number of hydrogen-bond donors (Lipinski definition) is 2. The third kappa shape index (κ3) is 10.6. The van der Waals surface area contributed by atoms with Crippen LogP contribution in [-0.2, 0) is 41.6 Å². The Hall–Kier alpha value is -3.88. The van der Waals surface area contributed by atoms with Gasteiger partial charge < -0.3 is 24.8 Å². The van der Waals surface area contributed by atoms with Crippen molar-refractivity contribution in [3.8, 4) is 0 Å². The Morgan fingerprint density at radius 2 is 1.42 bits per heavy atom. The minimum atomic E-state index is -1.10. The highest BCUT2D eigenvalue weighted by molar-refractivity contribution is 5.90. The molecule has 36 heavy (non-hydrogen) atoms. The molecule has 2 aromatic rings. The molecule has 0 aliphatic rings. The highest BCUT2D eigenvalue weighted by atomic mass is 16.6. The topological polar surface area (TPSA) is 120 Å². The van der Waals surface area contributed by atoms with Crippen LogP contribution in [0.4, 0.5) is 4.79 Å². The number of hydrogen-bond acceptors (Lipinski definition) is 7. The van der Waals surface area contributed by atoms with E-state index in [1.165, 1.54) is 7.11 Å². The van der Waals surface area contributed by atoms with Gasteiger partial charge in [-0.2, -0.15) is 0 Å². The summed E-state index contributed by atoms with van der Waals surface area (Å²) in [6, 6.07) is 16.1. The minimum absolute atomic E-state index is 0.0240. The van der Waals surface area contributed by atoms with Gasteiger partial charge in [-0.05, 0) is 38.3 Å². The summed E-state index contributed by atoms with van der Waals surface area (Å²) in [6.45, 7) is 5.25. The van der Waals surface area contributed by atoms with Crippen LogP contribution < -0.4 is 10.6 Å². The molecule has 2 rings (SSSR count). The van der Waals surface area contributed by atoms with Gasteiger partial charge >= 0.3 is 18.0 Å². The maximum absolute atomic E-state index is 13.2.